The number of rotatable bonds is 3. The second-order valence-corrected chi connectivity index (χ2v) is 4.89. The summed E-state index contributed by atoms with van der Waals surface area (Å²) in [6, 6.07) is 3.23. The fourth-order valence-electron chi connectivity index (χ4n) is 1.65. The van der Waals surface area contributed by atoms with Gasteiger partial charge in [0.2, 0.25) is 5.88 Å². The molecule has 0 atom stereocenters. The third-order valence-electron chi connectivity index (χ3n) is 2.59. The van der Waals surface area contributed by atoms with Crippen LogP contribution in [-0.4, -0.2) is 29.3 Å². The molecule has 0 unspecified atom stereocenters. The zero-order valence-electron chi connectivity index (χ0n) is 10.5. The maximum absolute atomic E-state index is 11.6. The maximum Gasteiger partial charge on any atom is 0.269 e. The van der Waals surface area contributed by atoms with Crippen LogP contribution in [0.4, 0.5) is 0 Å². The highest BCUT2D eigenvalue weighted by atomic mass is 79.9. The van der Waals surface area contributed by atoms with Crippen LogP contribution < -0.4 is 15.0 Å². The Kier molecular flexibility index (Phi) is 4.20. The van der Waals surface area contributed by atoms with Crippen LogP contribution in [0.2, 0.25) is 5.02 Å². The largest absolute Gasteiger partial charge is 0.493 e. The second-order valence-electron chi connectivity index (χ2n) is 3.71. The van der Waals surface area contributed by atoms with Crippen molar-refractivity contribution < 1.29 is 14.6 Å². The van der Waals surface area contributed by atoms with Gasteiger partial charge in [0.25, 0.3) is 5.56 Å². The molecular formula is C12H10BrClN2O4. The molecule has 1 aromatic heterocycles. The van der Waals surface area contributed by atoms with Crippen LogP contribution in [0.5, 0.6) is 17.4 Å². The Hall–Kier alpha value is -1.73. The molecular weight excluding hydrogens is 351 g/mol. The first-order valence-corrected chi connectivity index (χ1v) is 6.56. The summed E-state index contributed by atoms with van der Waals surface area (Å²) in [5.41, 5.74) is -0.109. The molecule has 0 spiro atoms. The Morgan fingerprint density at radius 1 is 1.35 bits per heavy atom. The third-order valence-corrected chi connectivity index (χ3v) is 3.68. The molecule has 0 fully saturated rings. The van der Waals surface area contributed by atoms with E-state index < -0.39 is 11.4 Å². The first-order valence-electron chi connectivity index (χ1n) is 5.39. The smallest absolute Gasteiger partial charge is 0.269 e. The predicted molar refractivity (Wildman–Crippen MR) is 77.8 cm³/mol. The topological polar surface area (TPSA) is 84.4 Å². The summed E-state index contributed by atoms with van der Waals surface area (Å²) < 4.78 is 10.2. The van der Waals surface area contributed by atoms with E-state index in [0.717, 1.165) is 0 Å². The number of aromatic nitrogens is 2. The molecule has 6 nitrogen and oxygen atoms in total. The van der Waals surface area contributed by atoms with Crippen LogP contribution in [0.1, 0.15) is 0 Å². The second kappa shape index (κ2) is 5.72. The molecule has 1 aromatic carbocycles. The summed E-state index contributed by atoms with van der Waals surface area (Å²) >= 11 is 9.13. The number of halogens is 2. The SMILES string of the molecule is COc1ccc(-c2nc(O)c(Br)c(=O)[nH]2)c(Cl)c1OC. The van der Waals surface area contributed by atoms with Crippen LogP contribution in [0.15, 0.2) is 21.4 Å². The molecule has 106 valence electrons. The minimum absolute atomic E-state index is 0.0437. The standard InChI is InChI=1S/C12H10BrClN2O4/c1-19-6-4-3-5(8(14)9(6)20-2)10-15-11(17)7(13)12(18)16-10/h3-4H,1-2H3,(H2,15,16,17,18). The van der Waals surface area contributed by atoms with Crippen LogP contribution in [0.25, 0.3) is 11.4 Å². The van der Waals surface area contributed by atoms with E-state index >= 15 is 0 Å². The summed E-state index contributed by atoms with van der Waals surface area (Å²) in [6.45, 7) is 0. The molecule has 0 amide bonds. The fraction of sp³-hybridized carbons (Fsp3) is 0.167. The summed E-state index contributed by atoms with van der Waals surface area (Å²) in [6.07, 6.45) is 0. The lowest BCUT2D eigenvalue weighted by Gasteiger charge is -2.12. The summed E-state index contributed by atoms with van der Waals surface area (Å²) in [4.78, 5) is 18.0. The van der Waals surface area contributed by atoms with Gasteiger partial charge in [0.05, 0.1) is 19.2 Å². The van der Waals surface area contributed by atoms with Crippen molar-refractivity contribution in [3.63, 3.8) is 0 Å². The zero-order valence-corrected chi connectivity index (χ0v) is 12.9. The van der Waals surface area contributed by atoms with Crippen molar-refractivity contribution in [1.29, 1.82) is 0 Å². The highest BCUT2D eigenvalue weighted by molar-refractivity contribution is 9.10. The fourth-order valence-corrected chi connectivity index (χ4v) is 2.16. The quantitative estimate of drug-likeness (QED) is 0.878. The van der Waals surface area contributed by atoms with Gasteiger partial charge in [-0.1, -0.05) is 11.6 Å². The van der Waals surface area contributed by atoms with E-state index in [9.17, 15) is 9.90 Å². The van der Waals surface area contributed by atoms with Crippen LogP contribution in [0.3, 0.4) is 0 Å². The van der Waals surface area contributed by atoms with Crippen molar-refractivity contribution in [2.24, 2.45) is 0 Å². The molecule has 0 aliphatic carbocycles. The van der Waals surface area contributed by atoms with Crippen molar-refractivity contribution in [2.75, 3.05) is 14.2 Å². The highest BCUT2D eigenvalue weighted by Crippen LogP contribution is 2.40. The Morgan fingerprint density at radius 3 is 2.60 bits per heavy atom. The van der Waals surface area contributed by atoms with E-state index in [-0.39, 0.29) is 15.3 Å². The van der Waals surface area contributed by atoms with E-state index in [0.29, 0.717) is 17.1 Å². The highest BCUT2D eigenvalue weighted by Gasteiger charge is 2.17. The molecule has 0 bridgehead atoms. The Balaban J connectivity index is 2.68. The number of aromatic hydroxyl groups is 1. The molecule has 2 N–H and O–H groups in total. The number of nitrogens with zero attached hydrogens (tertiary/aromatic N) is 1. The van der Waals surface area contributed by atoms with Gasteiger partial charge >= 0.3 is 0 Å². The minimum Gasteiger partial charge on any atom is -0.493 e. The number of hydrogen-bond donors (Lipinski definition) is 2. The first-order chi connectivity index (χ1) is 9.49. The molecule has 0 aliphatic rings. The van der Waals surface area contributed by atoms with Gasteiger partial charge < -0.3 is 19.6 Å². The van der Waals surface area contributed by atoms with Gasteiger partial charge in [0, 0.05) is 5.56 Å². The van der Waals surface area contributed by atoms with E-state index in [4.69, 9.17) is 21.1 Å². The van der Waals surface area contributed by atoms with Crippen molar-refractivity contribution in [3.05, 3.63) is 32.0 Å². The minimum atomic E-state index is -0.515. The van der Waals surface area contributed by atoms with E-state index in [1.54, 1.807) is 12.1 Å². The van der Waals surface area contributed by atoms with Crippen molar-refractivity contribution >= 4 is 27.5 Å². The number of methoxy groups -OCH3 is 2. The number of nitrogens with one attached hydrogen (secondary N) is 1. The van der Waals surface area contributed by atoms with E-state index in [1.807, 2.05) is 0 Å². The van der Waals surface area contributed by atoms with Crippen LogP contribution >= 0.6 is 27.5 Å². The molecule has 0 saturated heterocycles. The average molecular weight is 362 g/mol. The molecule has 2 aromatic rings. The molecule has 20 heavy (non-hydrogen) atoms. The monoisotopic (exact) mass is 360 g/mol. The number of H-pyrrole nitrogens is 1. The van der Waals surface area contributed by atoms with Gasteiger partial charge in [-0.2, -0.15) is 4.98 Å². The molecule has 2 rings (SSSR count). The van der Waals surface area contributed by atoms with Gasteiger partial charge in [-0.15, -0.1) is 0 Å². The zero-order chi connectivity index (χ0) is 14.9. The van der Waals surface area contributed by atoms with Crippen molar-refractivity contribution in [2.45, 2.75) is 0 Å². The number of benzene rings is 1. The summed E-state index contributed by atoms with van der Waals surface area (Å²) in [7, 11) is 2.93. The normalized spacial score (nSPS) is 10.4. The van der Waals surface area contributed by atoms with E-state index in [2.05, 4.69) is 25.9 Å². The van der Waals surface area contributed by atoms with Crippen LogP contribution in [-0.2, 0) is 0 Å². The number of hydrogen-bond acceptors (Lipinski definition) is 5. The van der Waals surface area contributed by atoms with Gasteiger partial charge in [-0.25, -0.2) is 0 Å². The third kappa shape index (κ3) is 2.46. The Morgan fingerprint density at radius 2 is 2.05 bits per heavy atom. The Labute approximate surface area is 127 Å². The van der Waals surface area contributed by atoms with Gasteiger partial charge in [0.15, 0.2) is 11.5 Å². The molecule has 0 radical (unpaired) electrons. The summed E-state index contributed by atoms with van der Waals surface area (Å²) in [5.74, 6) is 0.470. The van der Waals surface area contributed by atoms with Gasteiger partial charge in [-0.05, 0) is 28.1 Å². The summed E-state index contributed by atoms with van der Waals surface area (Å²) in [5, 5.41) is 9.80. The lowest BCUT2D eigenvalue weighted by molar-refractivity contribution is 0.355. The average Bonchev–Trinajstić information content (AvgIpc) is 2.43. The molecule has 0 saturated carbocycles. The first kappa shape index (κ1) is 14.7. The van der Waals surface area contributed by atoms with Gasteiger partial charge in [0.1, 0.15) is 10.3 Å². The molecule has 0 aliphatic heterocycles. The number of ether oxygens (including phenoxy) is 2. The molecule has 8 heteroatoms. The number of aromatic amines is 1. The lowest BCUT2D eigenvalue weighted by Crippen LogP contribution is -2.10. The predicted octanol–water partition coefficient (Wildman–Crippen LogP) is 2.58. The Bertz CT molecular complexity index is 717. The van der Waals surface area contributed by atoms with Crippen molar-refractivity contribution in [1.82, 2.24) is 9.97 Å². The molecule has 1 heterocycles. The maximum atomic E-state index is 11.6. The van der Waals surface area contributed by atoms with Crippen LogP contribution in [0, 0.1) is 0 Å². The lowest BCUT2D eigenvalue weighted by atomic mass is 10.2. The van der Waals surface area contributed by atoms with E-state index in [1.165, 1.54) is 14.2 Å². The van der Waals surface area contributed by atoms with Gasteiger partial charge in [-0.3, -0.25) is 4.79 Å². The van der Waals surface area contributed by atoms with Crippen molar-refractivity contribution in [3.8, 4) is 28.8 Å².